The van der Waals surface area contributed by atoms with Gasteiger partial charge in [0, 0.05) is 33.3 Å². The molecule has 6 nitrogen and oxygen atoms in total. The number of halogens is 1. The smallest absolute Gasteiger partial charge is 0.244 e. The number of likely N-dealkylation sites (tertiary alicyclic amines) is 1. The van der Waals surface area contributed by atoms with Crippen molar-refractivity contribution in [3.05, 3.63) is 0 Å². The number of carbonyl (C=O) groups excluding carboxylic acids is 1. The van der Waals surface area contributed by atoms with E-state index in [0.717, 1.165) is 32.5 Å². The van der Waals surface area contributed by atoms with Gasteiger partial charge in [-0.15, -0.1) is 24.0 Å². The van der Waals surface area contributed by atoms with E-state index in [-0.39, 0.29) is 47.9 Å². The van der Waals surface area contributed by atoms with Crippen molar-refractivity contribution in [2.24, 2.45) is 10.4 Å². The number of hydrogen-bond acceptors (Lipinski definition) is 3. The minimum atomic E-state index is 0. The van der Waals surface area contributed by atoms with Crippen molar-refractivity contribution in [2.45, 2.75) is 46.6 Å². The number of nitrogens with one attached hydrogen (secondary N) is 2. The van der Waals surface area contributed by atoms with E-state index in [1.165, 1.54) is 0 Å². The second-order valence-electron chi connectivity index (χ2n) is 6.75. The molecular weight excluding hydrogens is 407 g/mol. The molecule has 7 heteroatoms. The third kappa shape index (κ3) is 8.19. The van der Waals surface area contributed by atoms with Crippen molar-refractivity contribution >= 4 is 35.8 Å². The lowest BCUT2D eigenvalue weighted by Gasteiger charge is -2.30. The summed E-state index contributed by atoms with van der Waals surface area (Å²) >= 11 is 0. The molecule has 1 aliphatic rings. The first kappa shape index (κ1) is 22.4. The molecule has 0 radical (unpaired) electrons. The Hall–Kier alpha value is -0.570. The summed E-state index contributed by atoms with van der Waals surface area (Å²) in [5.41, 5.74) is 0.0461. The quantitative estimate of drug-likeness (QED) is 0.376. The number of carbonyl (C=O) groups is 1. The Morgan fingerprint density at radius 2 is 1.87 bits per heavy atom. The molecule has 1 atom stereocenters. The molecule has 1 rings (SSSR count). The highest BCUT2D eigenvalue weighted by Gasteiger charge is 2.24. The van der Waals surface area contributed by atoms with Crippen LogP contribution in [0.25, 0.3) is 0 Å². The average Bonchev–Trinajstić information content (AvgIpc) is 2.97. The van der Waals surface area contributed by atoms with Crippen LogP contribution in [0.2, 0.25) is 0 Å². The van der Waals surface area contributed by atoms with Gasteiger partial charge in [-0.1, -0.05) is 20.8 Å². The van der Waals surface area contributed by atoms with Crippen LogP contribution in [0, 0.1) is 5.41 Å². The van der Waals surface area contributed by atoms with E-state index in [1.807, 2.05) is 11.8 Å². The zero-order valence-corrected chi connectivity index (χ0v) is 17.5. The third-order valence-electron chi connectivity index (χ3n) is 3.88. The Labute approximate surface area is 157 Å². The Morgan fingerprint density at radius 1 is 1.26 bits per heavy atom. The van der Waals surface area contributed by atoms with Gasteiger partial charge in [-0.25, -0.2) is 4.99 Å². The molecule has 0 aromatic carbocycles. The second-order valence-corrected chi connectivity index (χ2v) is 6.75. The summed E-state index contributed by atoms with van der Waals surface area (Å²) in [4.78, 5) is 18.3. The zero-order chi connectivity index (χ0) is 16.6. The lowest BCUT2D eigenvalue weighted by molar-refractivity contribution is -0.128. The van der Waals surface area contributed by atoms with Crippen LogP contribution in [0.5, 0.6) is 0 Å². The molecule has 1 amide bonds. The summed E-state index contributed by atoms with van der Waals surface area (Å²) in [6.45, 7) is 11.8. The molecule has 23 heavy (non-hydrogen) atoms. The van der Waals surface area contributed by atoms with Crippen LogP contribution in [0.1, 0.15) is 40.5 Å². The van der Waals surface area contributed by atoms with Crippen molar-refractivity contribution in [1.29, 1.82) is 0 Å². The Morgan fingerprint density at radius 3 is 2.35 bits per heavy atom. The topological polar surface area (TPSA) is 66.0 Å². The largest absolute Gasteiger partial charge is 0.379 e. The van der Waals surface area contributed by atoms with Crippen LogP contribution in [0.15, 0.2) is 4.99 Å². The number of ether oxygens (including phenoxy) is 1. The molecule has 1 unspecified atom stereocenters. The van der Waals surface area contributed by atoms with E-state index in [4.69, 9.17) is 4.74 Å². The number of methoxy groups -OCH3 is 1. The number of guanidine groups is 1. The predicted octanol–water partition coefficient (Wildman–Crippen LogP) is 1.84. The van der Waals surface area contributed by atoms with Crippen LogP contribution in [0.4, 0.5) is 0 Å². The van der Waals surface area contributed by atoms with Crippen LogP contribution in [-0.2, 0) is 9.53 Å². The number of rotatable bonds is 6. The lowest BCUT2D eigenvalue weighted by atomic mass is 9.89. The Bertz CT molecular complexity index is 377. The van der Waals surface area contributed by atoms with Crippen LogP contribution in [0.3, 0.4) is 0 Å². The third-order valence-corrected chi connectivity index (χ3v) is 3.88. The first-order valence-electron chi connectivity index (χ1n) is 8.21. The Balaban J connectivity index is 0.00000484. The number of nitrogens with zero attached hydrogens (tertiary/aromatic N) is 2. The summed E-state index contributed by atoms with van der Waals surface area (Å²) in [5, 5.41) is 6.44. The van der Waals surface area contributed by atoms with E-state index < -0.39 is 0 Å². The summed E-state index contributed by atoms with van der Waals surface area (Å²) in [5.74, 6) is 0.773. The van der Waals surface area contributed by atoms with Crippen molar-refractivity contribution in [2.75, 3.05) is 39.8 Å². The van der Waals surface area contributed by atoms with Gasteiger partial charge in [0.15, 0.2) is 5.96 Å². The molecule has 0 aliphatic carbocycles. The SMILES string of the molecule is CCNC(=NCC(=O)N1CCCC1)NCC(OC)C(C)(C)C.I. The predicted molar refractivity (Wildman–Crippen MR) is 105 cm³/mol. The fraction of sp³-hybridized carbons (Fsp3) is 0.875. The monoisotopic (exact) mass is 440 g/mol. The van der Waals surface area contributed by atoms with Gasteiger partial charge in [0.05, 0.1) is 6.10 Å². The summed E-state index contributed by atoms with van der Waals surface area (Å²) < 4.78 is 5.53. The molecule has 0 bridgehead atoms. The lowest BCUT2D eigenvalue weighted by Crippen LogP contribution is -2.45. The molecule has 2 N–H and O–H groups in total. The maximum atomic E-state index is 12.0. The highest BCUT2D eigenvalue weighted by molar-refractivity contribution is 14.0. The molecule has 0 aromatic rings. The van der Waals surface area contributed by atoms with Crippen LogP contribution < -0.4 is 10.6 Å². The van der Waals surface area contributed by atoms with Gasteiger partial charge in [0.25, 0.3) is 0 Å². The van der Waals surface area contributed by atoms with E-state index in [9.17, 15) is 4.79 Å². The maximum Gasteiger partial charge on any atom is 0.244 e. The standard InChI is InChI=1S/C16H32N4O2.HI/c1-6-17-15(18-11-13(22-5)16(2,3)4)19-12-14(21)20-9-7-8-10-20;/h13H,6-12H2,1-5H3,(H2,17,18,19);1H. The van der Waals surface area contributed by atoms with Gasteiger partial charge in [-0.05, 0) is 25.2 Å². The molecule has 0 spiro atoms. The van der Waals surface area contributed by atoms with Gasteiger partial charge in [0.2, 0.25) is 5.91 Å². The zero-order valence-electron chi connectivity index (χ0n) is 15.1. The number of hydrogen-bond donors (Lipinski definition) is 2. The van der Waals surface area contributed by atoms with E-state index in [1.54, 1.807) is 7.11 Å². The minimum Gasteiger partial charge on any atom is -0.379 e. The fourth-order valence-electron chi connectivity index (χ4n) is 2.49. The van der Waals surface area contributed by atoms with E-state index in [0.29, 0.717) is 12.5 Å². The molecule has 1 saturated heterocycles. The summed E-state index contributed by atoms with van der Waals surface area (Å²) in [7, 11) is 1.72. The maximum absolute atomic E-state index is 12.0. The first-order chi connectivity index (χ1) is 10.4. The van der Waals surface area contributed by atoms with Crippen LogP contribution in [-0.4, -0.2) is 62.7 Å². The van der Waals surface area contributed by atoms with Crippen molar-refractivity contribution < 1.29 is 9.53 Å². The highest BCUT2D eigenvalue weighted by atomic mass is 127. The van der Waals surface area contributed by atoms with Gasteiger partial charge >= 0.3 is 0 Å². The molecule has 1 aliphatic heterocycles. The Kier molecular flexibility index (Phi) is 10.8. The van der Waals surface area contributed by atoms with Crippen LogP contribution >= 0.6 is 24.0 Å². The summed E-state index contributed by atoms with van der Waals surface area (Å²) in [6, 6.07) is 0. The average molecular weight is 440 g/mol. The molecule has 1 fully saturated rings. The van der Waals surface area contributed by atoms with Gasteiger partial charge in [-0.2, -0.15) is 0 Å². The fourth-order valence-corrected chi connectivity index (χ4v) is 2.49. The minimum absolute atomic E-state index is 0. The normalized spacial score (nSPS) is 16.7. The van der Waals surface area contributed by atoms with E-state index >= 15 is 0 Å². The van der Waals surface area contributed by atoms with Gasteiger partial charge in [-0.3, -0.25) is 4.79 Å². The molecular formula is C16H33IN4O2. The van der Waals surface area contributed by atoms with Crippen molar-refractivity contribution in [3.63, 3.8) is 0 Å². The van der Waals surface area contributed by atoms with Crippen molar-refractivity contribution in [3.8, 4) is 0 Å². The van der Waals surface area contributed by atoms with Gasteiger partial charge in [0.1, 0.15) is 6.54 Å². The molecule has 136 valence electrons. The summed E-state index contributed by atoms with van der Waals surface area (Å²) in [6.07, 6.45) is 2.29. The van der Waals surface area contributed by atoms with E-state index in [2.05, 4.69) is 36.4 Å². The molecule has 0 saturated carbocycles. The highest BCUT2D eigenvalue weighted by Crippen LogP contribution is 2.20. The molecule has 0 aromatic heterocycles. The first-order valence-corrected chi connectivity index (χ1v) is 8.21. The number of amides is 1. The molecule has 1 heterocycles. The second kappa shape index (κ2) is 11.1. The van der Waals surface area contributed by atoms with Gasteiger partial charge < -0.3 is 20.3 Å². The number of aliphatic imine (C=N–C) groups is 1. The van der Waals surface area contributed by atoms with Crippen molar-refractivity contribution in [1.82, 2.24) is 15.5 Å².